The Balaban J connectivity index is 3.66. The topological polar surface area (TPSA) is 72.8 Å². The van der Waals surface area contributed by atoms with E-state index in [1.165, 1.54) is 64.2 Å². The van der Waals surface area contributed by atoms with Crippen LogP contribution in [0, 0.1) is 0 Å². The molecule has 42 heavy (non-hydrogen) atoms. The number of esters is 2. The monoisotopic (exact) mass is 588 g/mol. The number of unbranched alkanes of at least 4 members (excludes halogenated alkanes) is 14. The largest absolute Gasteiger partial charge is 0.462 e. The van der Waals surface area contributed by atoms with Gasteiger partial charge in [-0.3, -0.25) is 9.59 Å². The summed E-state index contributed by atoms with van der Waals surface area (Å²) in [5.41, 5.74) is 0. The first kappa shape index (κ1) is 39.9. The van der Waals surface area contributed by atoms with Crippen molar-refractivity contribution in [3.8, 4) is 0 Å². The predicted molar refractivity (Wildman–Crippen MR) is 177 cm³/mol. The summed E-state index contributed by atoms with van der Waals surface area (Å²) in [7, 11) is 0. The molecule has 0 aliphatic rings. The maximum Gasteiger partial charge on any atom is 0.306 e. The number of ether oxygens (including phenoxy) is 2. The Bertz CT molecular complexity index is 722. The standard InChI is InChI=1S/C37H64O5/c1-3-5-7-9-11-13-15-17-18-20-21-23-25-27-29-31-36(39)41-34-35(33-38)42-37(40)32-30-28-26-24-22-19-16-14-12-10-8-6-4-2/h5,7,11,13,17-18,21,23,35,38H,3-4,6,8-10,12,14-16,19-20,22,24-34H2,1-2H3/t35-/m0/s1. The molecule has 0 saturated heterocycles. The maximum atomic E-state index is 12.1. The molecule has 0 saturated carbocycles. The summed E-state index contributed by atoms with van der Waals surface area (Å²) in [6.07, 6.45) is 40.2. The van der Waals surface area contributed by atoms with Crippen molar-refractivity contribution in [3.63, 3.8) is 0 Å². The SMILES string of the molecule is CCC=CCC=CCC=CCC=CCCCCC(=O)OC[C@H](CO)OC(=O)CCCCCCCCCCCCCCC. The molecule has 1 N–H and O–H groups in total. The van der Waals surface area contributed by atoms with Crippen LogP contribution in [0.4, 0.5) is 0 Å². The Morgan fingerprint density at radius 1 is 0.571 bits per heavy atom. The van der Waals surface area contributed by atoms with Crippen LogP contribution in [0.5, 0.6) is 0 Å². The van der Waals surface area contributed by atoms with Gasteiger partial charge in [0.2, 0.25) is 0 Å². The van der Waals surface area contributed by atoms with Crippen molar-refractivity contribution in [1.82, 2.24) is 0 Å². The number of allylic oxidation sites excluding steroid dienone is 8. The average Bonchev–Trinajstić information content (AvgIpc) is 2.99. The third-order valence-corrected chi connectivity index (χ3v) is 7.14. The minimum Gasteiger partial charge on any atom is -0.462 e. The lowest BCUT2D eigenvalue weighted by molar-refractivity contribution is -0.161. The number of hydrogen-bond acceptors (Lipinski definition) is 5. The van der Waals surface area contributed by atoms with E-state index >= 15 is 0 Å². The van der Waals surface area contributed by atoms with Gasteiger partial charge in [-0.25, -0.2) is 0 Å². The minimum absolute atomic E-state index is 0.0868. The van der Waals surface area contributed by atoms with E-state index in [-0.39, 0.29) is 25.2 Å². The third-order valence-electron chi connectivity index (χ3n) is 7.14. The summed E-state index contributed by atoms with van der Waals surface area (Å²) in [5.74, 6) is -0.641. The van der Waals surface area contributed by atoms with Crippen LogP contribution in [0.25, 0.3) is 0 Å². The van der Waals surface area contributed by atoms with E-state index in [1.807, 2.05) is 0 Å². The summed E-state index contributed by atoms with van der Waals surface area (Å²) in [6.45, 7) is 3.97. The molecule has 0 spiro atoms. The Morgan fingerprint density at radius 2 is 1.02 bits per heavy atom. The third kappa shape index (κ3) is 30.8. The number of aliphatic hydroxyl groups excluding tert-OH is 1. The molecule has 0 radical (unpaired) electrons. The second-order valence-electron chi connectivity index (χ2n) is 11.2. The molecular formula is C37H64O5. The average molecular weight is 589 g/mol. The quantitative estimate of drug-likeness (QED) is 0.0513. The summed E-state index contributed by atoms with van der Waals surface area (Å²) in [5, 5.41) is 9.50. The van der Waals surface area contributed by atoms with Crippen molar-refractivity contribution in [3.05, 3.63) is 48.6 Å². The van der Waals surface area contributed by atoms with Crippen LogP contribution in [0.3, 0.4) is 0 Å². The highest BCUT2D eigenvalue weighted by Gasteiger charge is 2.16. The van der Waals surface area contributed by atoms with Crippen molar-refractivity contribution in [2.75, 3.05) is 13.2 Å². The number of rotatable bonds is 30. The van der Waals surface area contributed by atoms with Gasteiger partial charge in [-0.15, -0.1) is 0 Å². The van der Waals surface area contributed by atoms with Crippen LogP contribution in [0.15, 0.2) is 48.6 Å². The number of carbonyl (C=O) groups excluding carboxylic acids is 2. The van der Waals surface area contributed by atoms with Gasteiger partial charge in [-0.2, -0.15) is 0 Å². The Kier molecular flexibility index (Phi) is 31.7. The first-order valence-corrected chi connectivity index (χ1v) is 17.2. The fraction of sp³-hybridized carbons (Fsp3) is 0.730. The maximum absolute atomic E-state index is 12.1. The highest BCUT2D eigenvalue weighted by atomic mass is 16.6. The molecule has 0 aliphatic heterocycles. The van der Waals surface area contributed by atoms with Crippen molar-refractivity contribution >= 4 is 11.9 Å². The second kappa shape index (κ2) is 33.4. The summed E-state index contributed by atoms with van der Waals surface area (Å²) >= 11 is 0. The molecule has 5 heteroatoms. The summed E-state index contributed by atoms with van der Waals surface area (Å²) in [6, 6.07) is 0. The molecule has 0 bridgehead atoms. The highest BCUT2D eigenvalue weighted by Crippen LogP contribution is 2.13. The van der Waals surface area contributed by atoms with Crippen molar-refractivity contribution < 1.29 is 24.2 Å². The normalized spacial score (nSPS) is 12.7. The molecule has 0 aliphatic carbocycles. The van der Waals surface area contributed by atoms with Crippen LogP contribution >= 0.6 is 0 Å². The number of carbonyl (C=O) groups is 2. The minimum atomic E-state index is -0.784. The summed E-state index contributed by atoms with van der Waals surface area (Å²) < 4.78 is 10.5. The molecule has 0 unspecified atom stereocenters. The van der Waals surface area contributed by atoms with Crippen molar-refractivity contribution in [2.45, 2.75) is 161 Å². The zero-order valence-electron chi connectivity index (χ0n) is 27.2. The first-order valence-electron chi connectivity index (χ1n) is 17.2. The lowest BCUT2D eigenvalue weighted by Crippen LogP contribution is -2.28. The van der Waals surface area contributed by atoms with Gasteiger partial charge in [-0.05, 0) is 51.4 Å². The van der Waals surface area contributed by atoms with E-state index in [0.717, 1.165) is 64.2 Å². The lowest BCUT2D eigenvalue weighted by atomic mass is 10.0. The zero-order valence-corrected chi connectivity index (χ0v) is 27.2. The van der Waals surface area contributed by atoms with Crippen LogP contribution in [-0.4, -0.2) is 36.4 Å². The highest BCUT2D eigenvalue weighted by molar-refractivity contribution is 5.70. The molecule has 0 aromatic carbocycles. The van der Waals surface area contributed by atoms with Gasteiger partial charge < -0.3 is 14.6 Å². The molecule has 0 aromatic heterocycles. The molecule has 5 nitrogen and oxygen atoms in total. The van der Waals surface area contributed by atoms with Crippen LogP contribution in [0.2, 0.25) is 0 Å². The van der Waals surface area contributed by atoms with Gasteiger partial charge in [0, 0.05) is 12.8 Å². The number of aliphatic hydroxyl groups is 1. The molecule has 0 rings (SSSR count). The molecule has 242 valence electrons. The molecule has 1 atom stereocenters. The van der Waals surface area contributed by atoms with E-state index < -0.39 is 6.10 Å². The molecule has 0 aromatic rings. The van der Waals surface area contributed by atoms with Gasteiger partial charge >= 0.3 is 11.9 Å². The van der Waals surface area contributed by atoms with Gasteiger partial charge in [0.15, 0.2) is 6.10 Å². The van der Waals surface area contributed by atoms with Gasteiger partial charge in [0.1, 0.15) is 6.61 Å². The Morgan fingerprint density at radius 3 is 1.55 bits per heavy atom. The number of hydrogen-bond donors (Lipinski definition) is 1. The van der Waals surface area contributed by atoms with Gasteiger partial charge in [-0.1, -0.05) is 140 Å². The van der Waals surface area contributed by atoms with Crippen LogP contribution in [-0.2, 0) is 19.1 Å². The predicted octanol–water partition coefficient (Wildman–Crippen LogP) is 10.3. The van der Waals surface area contributed by atoms with Gasteiger partial charge in [0.05, 0.1) is 6.61 Å². The molecule has 0 fully saturated rings. The van der Waals surface area contributed by atoms with Crippen LogP contribution < -0.4 is 0 Å². The van der Waals surface area contributed by atoms with Crippen molar-refractivity contribution in [2.24, 2.45) is 0 Å². The van der Waals surface area contributed by atoms with E-state index in [0.29, 0.717) is 12.8 Å². The fourth-order valence-electron chi connectivity index (χ4n) is 4.54. The Labute approximate surface area is 258 Å². The van der Waals surface area contributed by atoms with E-state index in [4.69, 9.17) is 9.47 Å². The Hall–Kier alpha value is -2.14. The second-order valence-corrected chi connectivity index (χ2v) is 11.2. The first-order chi connectivity index (χ1) is 20.6. The van der Waals surface area contributed by atoms with Crippen molar-refractivity contribution in [1.29, 1.82) is 0 Å². The molecule has 0 heterocycles. The lowest BCUT2D eigenvalue weighted by Gasteiger charge is -2.15. The molecular weight excluding hydrogens is 524 g/mol. The van der Waals surface area contributed by atoms with E-state index in [1.54, 1.807) is 0 Å². The van der Waals surface area contributed by atoms with E-state index in [9.17, 15) is 14.7 Å². The van der Waals surface area contributed by atoms with Gasteiger partial charge in [0.25, 0.3) is 0 Å². The smallest absolute Gasteiger partial charge is 0.306 e. The zero-order chi connectivity index (χ0) is 30.8. The van der Waals surface area contributed by atoms with E-state index in [2.05, 4.69) is 62.5 Å². The molecule has 0 amide bonds. The fourth-order valence-corrected chi connectivity index (χ4v) is 4.54. The van der Waals surface area contributed by atoms with Crippen LogP contribution in [0.1, 0.15) is 155 Å². The summed E-state index contributed by atoms with van der Waals surface area (Å²) in [4.78, 5) is 24.1.